The van der Waals surface area contributed by atoms with E-state index in [0.29, 0.717) is 58.7 Å². The van der Waals surface area contributed by atoms with E-state index in [4.69, 9.17) is 18.9 Å². The minimum Gasteiger partial charge on any atom is -0.488 e. The van der Waals surface area contributed by atoms with Crippen molar-refractivity contribution in [3.05, 3.63) is 284 Å². The number of hydrogen-bond donors (Lipinski definition) is 0. The van der Waals surface area contributed by atoms with Gasteiger partial charge in [0.1, 0.15) is 49.4 Å². The van der Waals surface area contributed by atoms with Gasteiger partial charge in [-0.1, -0.05) is 198 Å². The van der Waals surface area contributed by atoms with Gasteiger partial charge in [0.15, 0.2) is 0 Å². The van der Waals surface area contributed by atoms with Crippen molar-refractivity contribution in [2.24, 2.45) is 0 Å². The van der Waals surface area contributed by atoms with Gasteiger partial charge in [-0.3, -0.25) is 4.90 Å². The van der Waals surface area contributed by atoms with Gasteiger partial charge in [0.2, 0.25) is 0 Å². The summed E-state index contributed by atoms with van der Waals surface area (Å²) in [5, 5.41) is 0. The van der Waals surface area contributed by atoms with E-state index in [-0.39, 0.29) is 0 Å². The molecular formula is C63H58BrNO4. The highest BCUT2D eigenvalue weighted by atomic mass is 79.9. The lowest BCUT2D eigenvalue weighted by atomic mass is 9.90. The highest BCUT2D eigenvalue weighted by molar-refractivity contribution is 9.10. The standard InChI is InChI=1S/C63H58BrNO4/c1-3-31-65(32-4-2)41-50-33-55-36-53-29-17-27-51(60(53)66-42-46-19-9-5-10-20-46)35-52-28-18-30-54(61(52)67-43-47-21-11-6-12-22-47)37-57-39-59(64)40-58(63(57)69-45-49-25-15-8-16-26-49)38-56(34-50)62(55)68-44-48-23-13-7-14-24-48/h3-30,33-34,39-40H,1-2,31-32,35-38,41-45H2. The fraction of sp³-hybridized carbons (Fsp3) is 0.175. The molecule has 0 radical (unpaired) electrons. The molecule has 0 N–H and O–H groups in total. The third-order valence-corrected chi connectivity index (χ3v) is 12.9. The van der Waals surface area contributed by atoms with E-state index in [9.17, 15) is 0 Å². The summed E-state index contributed by atoms with van der Waals surface area (Å²) >= 11 is 3.98. The Hall–Kier alpha value is -7.12. The van der Waals surface area contributed by atoms with Crippen LogP contribution in [0, 0.1) is 0 Å². The predicted molar refractivity (Wildman–Crippen MR) is 283 cm³/mol. The molecule has 8 aromatic carbocycles. The van der Waals surface area contributed by atoms with Crippen molar-refractivity contribution in [2.45, 2.75) is 58.7 Å². The van der Waals surface area contributed by atoms with Gasteiger partial charge in [0.05, 0.1) is 0 Å². The summed E-state index contributed by atoms with van der Waals surface area (Å²) in [6.07, 6.45) is 6.22. The van der Waals surface area contributed by atoms with Gasteiger partial charge in [-0.15, -0.1) is 13.2 Å². The van der Waals surface area contributed by atoms with Crippen molar-refractivity contribution < 1.29 is 18.9 Å². The highest BCUT2D eigenvalue weighted by Crippen LogP contribution is 2.41. The number of nitrogens with zero attached hydrogens (tertiary/aromatic N) is 1. The topological polar surface area (TPSA) is 40.2 Å². The molecule has 5 nitrogen and oxygen atoms in total. The Kier molecular flexibility index (Phi) is 15.8. The molecule has 0 aromatic heterocycles. The summed E-state index contributed by atoms with van der Waals surface area (Å²) in [4.78, 5) is 2.35. The molecule has 0 atom stereocenters. The third kappa shape index (κ3) is 12.3. The van der Waals surface area contributed by atoms with Gasteiger partial charge in [-0.2, -0.15) is 0 Å². The van der Waals surface area contributed by atoms with Crippen LogP contribution in [0.25, 0.3) is 0 Å². The quantitative estimate of drug-likeness (QED) is 0.0801. The molecule has 0 aliphatic heterocycles. The van der Waals surface area contributed by atoms with Crippen LogP contribution in [0.5, 0.6) is 23.0 Å². The van der Waals surface area contributed by atoms with Crippen molar-refractivity contribution >= 4 is 15.9 Å². The molecular weight excluding hydrogens is 915 g/mol. The number of hydrogen-bond acceptors (Lipinski definition) is 5. The summed E-state index contributed by atoms with van der Waals surface area (Å²) < 4.78 is 29.2. The van der Waals surface area contributed by atoms with Crippen LogP contribution in [0.3, 0.4) is 0 Å². The van der Waals surface area contributed by atoms with Crippen LogP contribution in [-0.2, 0) is 58.7 Å². The summed E-state index contributed by atoms with van der Waals surface area (Å²) in [5.41, 5.74) is 14.2. The van der Waals surface area contributed by atoms with E-state index < -0.39 is 0 Å². The summed E-state index contributed by atoms with van der Waals surface area (Å²) in [6, 6.07) is 63.8. The van der Waals surface area contributed by atoms with Gasteiger partial charge in [0, 0.05) is 60.9 Å². The lowest BCUT2D eigenvalue weighted by molar-refractivity contribution is 0.293. The lowest BCUT2D eigenvalue weighted by Crippen LogP contribution is -2.23. The minimum atomic E-state index is 0.415. The van der Waals surface area contributed by atoms with Gasteiger partial charge in [0.25, 0.3) is 0 Å². The van der Waals surface area contributed by atoms with Crippen molar-refractivity contribution in [2.75, 3.05) is 13.1 Å². The number of benzene rings is 8. The Bertz CT molecular complexity index is 2960. The summed E-state index contributed by atoms with van der Waals surface area (Å²) in [5.74, 6) is 3.47. The molecule has 8 bridgehead atoms. The second-order valence-electron chi connectivity index (χ2n) is 17.7. The van der Waals surface area contributed by atoms with Crippen LogP contribution < -0.4 is 18.9 Å². The van der Waals surface area contributed by atoms with Gasteiger partial charge >= 0.3 is 0 Å². The first kappa shape index (κ1) is 47.0. The van der Waals surface area contributed by atoms with Gasteiger partial charge in [-0.05, 0) is 73.3 Å². The molecule has 1 aliphatic carbocycles. The van der Waals surface area contributed by atoms with E-state index in [1.165, 1.54) is 5.56 Å². The van der Waals surface area contributed by atoms with Gasteiger partial charge < -0.3 is 18.9 Å². The maximum absolute atomic E-state index is 7.12. The minimum absolute atomic E-state index is 0.415. The molecule has 0 fully saturated rings. The molecule has 6 heteroatoms. The van der Waals surface area contributed by atoms with E-state index in [1.807, 2.05) is 36.4 Å². The number of halogens is 1. The van der Waals surface area contributed by atoms with Crippen LogP contribution >= 0.6 is 15.9 Å². The second-order valence-corrected chi connectivity index (χ2v) is 18.6. The summed E-state index contributed by atoms with van der Waals surface area (Å²) in [6.45, 7) is 12.0. The first-order chi connectivity index (χ1) is 34.0. The largest absolute Gasteiger partial charge is 0.488 e. The van der Waals surface area contributed by atoms with Crippen molar-refractivity contribution in [3.63, 3.8) is 0 Å². The molecule has 0 saturated carbocycles. The molecule has 346 valence electrons. The molecule has 9 rings (SSSR count). The normalized spacial score (nSPS) is 12.0. The Balaban J connectivity index is 1.26. The number of rotatable bonds is 18. The molecule has 0 heterocycles. The zero-order valence-corrected chi connectivity index (χ0v) is 40.7. The predicted octanol–water partition coefficient (Wildman–Crippen LogP) is 14.6. The van der Waals surface area contributed by atoms with Crippen LogP contribution in [0.1, 0.15) is 72.3 Å². The Morgan fingerprint density at radius 2 is 0.652 bits per heavy atom. The van der Waals surface area contributed by atoms with E-state index in [1.54, 1.807) is 0 Å². The van der Waals surface area contributed by atoms with Crippen LogP contribution in [0.2, 0.25) is 0 Å². The van der Waals surface area contributed by atoms with E-state index in [2.05, 4.69) is 192 Å². The third-order valence-electron chi connectivity index (χ3n) is 12.5. The highest BCUT2D eigenvalue weighted by Gasteiger charge is 2.24. The van der Waals surface area contributed by atoms with E-state index >= 15 is 0 Å². The van der Waals surface area contributed by atoms with Crippen molar-refractivity contribution in [3.8, 4) is 23.0 Å². The van der Waals surface area contributed by atoms with Crippen LogP contribution in [0.15, 0.2) is 212 Å². The average molecular weight is 973 g/mol. The maximum atomic E-state index is 7.12. The van der Waals surface area contributed by atoms with Crippen molar-refractivity contribution in [1.29, 1.82) is 0 Å². The lowest BCUT2D eigenvalue weighted by Gasteiger charge is -2.25. The number of ether oxygens (including phenoxy) is 4. The second kappa shape index (κ2) is 23.3. The fourth-order valence-corrected chi connectivity index (χ4v) is 9.85. The number of fused-ring (bicyclic) bond motifs is 8. The number of para-hydroxylation sites is 2. The molecule has 0 amide bonds. The fourth-order valence-electron chi connectivity index (χ4n) is 9.30. The molecule has 1 aliphatic rings. The van der Waals surface area contributed by atoms with Crippen LogP contribution in [0.4, 0.5) is 0 Å². The smallest absolute Gasteiger partial charge is 0.126 e. The molecule has 0 saturated heterocycles. The van der Waals surface area contributed by atoms with Crippen molar-refractivity contribution in [1.82, 2.24) is 4.90 Å². The first-order valence-corrected chi connectivity index (χ1v) is 24.6. The average Bonchev–Trinajstić information content (AvgIpc) is 3.36. The zero-order chi connectivity index (χ0) is 47.2. The molecule has 0 unspecified atom stereocenters. The monoisotopic (exact) mass is 971 g/mol. The Labute approximate surface area is 416 Å². The SMILES string of the molecule is C=CCN(CC=C)Cc1cc2c(OCc3ccccc3)c(c1)Cc1cc(Br)cc(c1OCc1ccccc1)Cc1cccc(c1OCc1ccccc1)Cc1cccc(c1OCc1ccccc1)C2. The molecule has 8 aromatic rings. The Morgan fingerprint density at radius 3 is 0.986 bits per heavy atom. The molecule has 0 spiro atoms. The zero-order valence-electron chi connectivity index (χ0n) is 39.1. The maximum Gasteiger partial charge on any atom is 0.126 e. The Morgan fingerprint density at radius 1 is 0.362 bits per heavy atom. The van der Waals surface area contributed by atoms with E-state index in [0.717, 1.165) is 107 Å². The summed E-state index contributed by atoms with van der Waals surface area (Å²) in [7, 11) is 0. The van der Waals surface area contributed by atoms with Gasteiger partial charge in [-0.25, -0.2) is 0 Å². The molecule has 69 heavy (non-hydrogen) atoms. The first-order valence-electron chi connectivity index (χ1n) is 23.8. The van der Waals surface area contributed by atoms with Crippen LogP contribution in [-0.4, -0.2) is 18.0 Å².